The summed E-state index contributed by atoms with van der Waals surface area (Å²) < 4.78 is 12.0. The van der Waals surface area contributed by atoms with E-state index in [1.54, 1.807) is 11.1 Å². The van der Waals surface area contributed by atoms with Crippen molar-refractivity contribution in [2.24, 2.45) is 15.9 Å². The molecule has 0 radical (unpaired) electrons. The van der Waals surface area contributed by atoms with Gasteiger partial charge in [0.25, 0.3) is 5.91 Å². The Balaban J connectivity index is 1.84. The summed E-state index contributed by atoms with van der Waals surface area (Å²) in [5.41, 5.74) is 1.72. The normalized spacial score (nSPS) is 19.9. The number of hydrogen-bond acceptors (Lipinski definition) is 5. The molecule has 2 aliphatic heterocycles. The molecule has 1 aromatic rings. The van der Waals surface area contributed by atoms with E-state index < -0.39 is 0 Å². The van der Waals surface area contributed by atoms with E-state index in [0.717, 1.165) is 23.4 Å². The first-order valence-corrected chi connectivity index (χ1v) is 10.5. The Morgan fingerprint density at radius 2 is 2.20 bits per heavy atom. The van der Waals surface area contributed by atoms with Gasteiger partial charge in [0.1, 0.15) is 17.3 Å². The number of allylic oxidation sites excluding steroid dienone is 2. The lowest BCUT2D eigenvalue weighted by Crippen LogP contribution is -2.45. The van der Waals surface area contributed by atoms with Crippen LogP contribution in [-0.2, 0) is 11.2 Å². The van der Waals surface area contributed by atoms with Gasteiger partial charge in [0.15, 0.2) is 18.1 Å². The van der Waals surface area contributed by atoms with Gasteiger partial charge in [-0.25, -0.2) is 9.98 Å². The quantitative estimate of drug-likeness (QED) is 0.513. The number of ether oxygens (including phenoxy) is 2. The van der Waals surface area contributed by atoms with Crippen LogP contribution in [0.1, 0.15) is 53.5 Å². The van der Waals surface area contributed by atoms with Crippen LogP contribution in [0, 0.1) is 5.92 Å². The number of nitrogens with zero attached hydrogens (tertiary/aromatic N) is 3. The lowest BCUT2D eigenvalue weighted by Gasteiger charge is -2.26. The Hall–Kier alpha value is -2.89. The molecule has 0 saturated heterocycles. The van der Waals surface area contributed by atoms with E-state index in [-0.39, 0.29) is 24.0 Å². The summed E-state index contributed by atoms with van der Waals surface area (Å²) >= 11 is 0. The van der Waals surface area contributed by atoms with Crippen LogP contribution >= 0.6 is 0 Å². The molecule has 30 heavy (non-hydrogen) atoms. The number of para-hydroxylation sites is 1. The molecule has 3 rings (SSSR count). The molecule has 160 valence electrons. The van der Waals surface area contributed by atoms with Gasteiger partial charge in [-0.15, -0.1) is 0 Å². The SMILES string of the molecule is C/C=C\N=C(CC)N(C(=O)COc1cccc2c1OC(C)(C)C2)C1=NC(C)=CC1C. The second-order valence-corrected chi connectivity index (χ2v) is 8.25. The van der Waals surface area contributed by atoms with Crippen LogP contribution in [0.15, 0.2) is 52.2 Å². The minimum absolute atomic E-state index is 0.0291. The van der Waals surface area contributed by atoms with Gasteiger partial charge < -0.3 is 9.47 Å². The molecule has 1 amide bonds. The van der Waals surface area contributed by atoms with Crippen molar-refractivity contribution in [1.29, 1.82) is 0 Å². The molecule has 0 aromatic heterocycles. The summed E-state index contributed by atoms with van der Waals surface area (Å²) in [6.45, 7) is 11.8. The Morgan fingerprint density at radius 1 is 1.43 bits per heavy atom. The topological polar surface area (TPSA) is 63.5 Å². The van der Waals surface area contributed by atoms with Gasteiger partial charge in [0, 0.05) is 36.2 Å². The van der Waals surface area contributed by atoms with E-state index in [1.807, 2.05) is 71.9 Å². The molecule has 1 aromatic carbocycles. The lowest BCUT2D eigenvalue weighted by molar-refractivity contribution is -0.126. The Bertz CT molecular complexity index is 941. The Labute approximate surface area is 179 Å². The van der Waals surface area contributed by atoms with E-state index >= 15 is 0 Å². The number of carbonyl (C=O) groups is 1. The maximum Gasteiger partial charge on any atom is 0.271 e. The summed E-state index contributed by atoms with van der Waals surface area (Å²) in [6.07, 6.45) is 6.98. The number of hydrogen-bond donors (Lipinski definition) is 0. The van der Waals surface area contributed by atoms with Crippen LogP contribution in [0.5, 0.6) is 11.5 Å². The molecule has 6 nitrogen and oxygen atoms in total. The van der Waals surface area contributed by atoms with Gasteiger partial charge in [-0.3, -0.25) is 9.69 Å². The molecule has 0 N–H and O–H groups in total. The zero-order valence-corrected chi connectivity index (χ0v) is 18.7. The van der Waals surface area contributed by atoms with Gasteiger partial charge in [-0.05, 0) is 33.8 Å². The summed E-state index contributed by atoms with van der Waals surface area (Å²) in [5.74, 6) is 2.47. The molecule has 0 fully saturated rings. The number of rotatable bonds is 5. The average molecular weight is 410 g/mol. The molecular formula is C24H31N3O3. The predicted molar refractivity (Wildman–Crippen MR) is 120 cm³/mol. The van der Waals surface area contributed by atoms with Crippen LogP contribution in [0.2, 0.25) is 0 Å². The van der Waals surface area contributed by atoms with E-state index in [1.165, 1.54) is 0 Å². The minimum Gasteiger partial charge on any atom is -0.483 e. The fourth-order valence-electron chi connectivity index (χ4n) is 3.79. The molecule has 2 heterocycles. The highest BCUT2D eigenvalue weighted by atomic mass is 16.5. The maximum atomic E-state index is 13.3. The van der Waals surface area contributed by atoms with E-state index in [4.69, 9.17) is 9.47 Å². The molecule has 1 unspecified atom stereocenters. The first-order valence-electron chi connectivity index (χ1n) is 10.5. The number of amides is 1. The van der Waals surface area contributed by atoms with Crippen molar-refractivity contribution in [2.75, 3.05) is 6.61 Å². The number of fused-ring (bicyclic) bond motifs is 1. The standard InChI is InChI=1S/C24H31N3O3/c1-7-12-25-20(8-2)27(23-16(3)13-17(4)26-23)21(28)15-29-19-11-9-10-18-14-24(5,6)30-22(18)19/h7,9-13,16H,8,14-15H2,1-6H3/b12-7-,25-20?. The van der Waals surface area contributed by atoms with Gasteiger partial charge in [-0.1, -0.05) is 38.1 Å². The van der Waals surface area contributed by atoms with Crippen LogP contribution in [0.3, 0.4) is 0 Å². The van der Waals surface area contributed by atoms with Gasteiger partial charge in [0.2, 0.25) is 0 Å². The second kappa shape index (κ2) is 8.86. The third-order valence-electron chi connectivity index (χ3n) is 5.02. The van der Waals surface area contributed by atoms with Crippen LogP contribution in [-0.4, -0.2) is 34.7 Å². The molecule has 0 spiro atoms. The van der Waals surface area contributed by atoms with Gasteiger partial charge in [0.05, 0.1) is 0 Å². The first-order chi connectivity index (χ1) is 14.3. The number of benzene rings is 1. The molecule has 0 bridgehead atoms. The van der Waals surface area contributed by atoms with Gasteiger partial charge >= 0.3 is 0 Å². The molecule has 2 aliphatic rings. The monoisotopic (exact) mass is 409 g/mol. The number of carbonyl (C=O) groups excluding carboxylic acids is 1. The van der Waals surface area contributed by atoms with Crippen molar-refractivity contribution in [2.45, 2.75) is 60.0 Å². The number of aliphatic imine (C=N–C) groups is 2. The summed E-state index contributed by atoms with van der Waals surface area (Å²) in [4.78, 5) is 24.0. The Morgan fingerprint density at radius 3 is 2.83 bits per heavy atom. The molecule has 6 heteroatoms. The van der Waals surface area contributed by atoms with Crippen LogP contribution in [0.25, 0.3) is 0 Å². The Kier molecular flexibility index (Phi) is 6.44. The van der Waals surface area contributed by atoms with Gasteiger partial charge in [-0.2, -0.15) is 0 Å². The smallest absolute Gasteiger partial charge is 0.271 e. The third-order valence-corrected chi connectivity index (χ3v) is 5.02. The van der Waals surface area contributed by atoms with Crippen molar-refractivity contribution in [3.05, 3.63) is 47.8 Å². The van der Waals surface area contributed by atoms with Crippen molar-refractivity contribution < 1.29 is 14.3 Å². The molecule has 0 aliphatic carbocycles. The molecular weight excluding hydrogens is 378 g/mol. The number of amidine groups is 2. The zero-order chi connectivity index (χ0) is 21.9. The van der Waals surface area contributed by atoms with E-state index in [0.29, 0.717) is 23.8 Å². The summed E-state index contributed by atoms with van der Waals surface area (Å²) in [7, 11) is 0. The van der Waals surface area contributed by atoms with E-state index in [9.17, 15) is 4.79 Å². The first kappa shape index (κ1) is 21.8. The summed E-state index contributed by atoms with van der Waals surface area (Å²) in [6, 6.07) is 5.81. The average Bonchev–Trinajstić information content (AvgIpc) is 3.19. The zero-order valence-electron chi connectivity index (χ0n) is 18.7. The fraction of sp³-hybridized carbons (Fsp3) is 0.458. The van der Waals surface area contributed by atoms with Crippen molar-refractivity contribution in [3.63, 3.8) is 0 Å². The van der Waals surface area contributed by atoms with Crippen LogP contribution in [0.4, 0.5) is 0 Å². The highest BCUT2D eigenvalue weighted by Crippen LogP contribution is 2.41. The highest BCUT2D eigenvalue weighted by molar-refractivity contribution is 6.16. The maximum absolute atomic E-state index is 13.3. The lowest BCUT2D eigenvalue weighted by atomic mass is 10.0. The fourth-order valence-corrected chi connectivity index (χ4v) is 3.79. The van der Waals surface area contributed by atoms with Crippen molar-refractivity contribution >= 4 is 17.6 Å². The van der Waals surface area contributed by atoms with E-state index in [2.05, 4.69) is 9.98 Å². The second-order valence-electron chi connectivity index (χ2n) is 8.25. The molecule has 0 saturated carbocycles. The highest BCUT2D eigenvalue weighted by Gasteiger charge is 2.33. The van der Waals surface area contributed by atoms with Crippen LogP contribution < -0.4 is 9.47 Å². The third kappa shape index (κ3) is 4.64. The predicted octanol–water partition coefficient (Wildman–Crippen LogP) is 4.90. The largest absolute Gasteiger partial charge is 0.483 e. The summed E-state index contributed by atoms with van der Waals surface area (Å²) in [5, 5.41) is 0. The molecule has 1 atom stereocenters. The van der Waals surface area contributed by atoms with Crippen molar-refractivity contribution in [3.8, 4) is 11.5 Å². The minimum atomic E-state index is -0.274. The van der Waals surface area contributed by atoms with Crippen molar-refractivity contribution in [1.82, 2.24) is 4.90 Å².